The second-order valence-corrected chi connectivity index (χ2v) is 5.62. The highest BCUT2D eigenvalue weighted by atomic mass is 35.5. The maximum absolute atomic E-state index is 6.41. The highest BCUT2D eigenvalue weighted by Gasteiger charge is 2.30. The van der Waals surface area contributed by atoms with E-state index in [2.05, 4.69) is 20.1 Å². The Hall–Kier alpha value is -1.40. The molecule has 0 spiro atoms. The van der Waals surface area contributed by atoms with Crippen molar-refractivity contribution in [3.63, 3.8) is 0 Å². The molecule has 7 heteroatoms. The quantitative estimate of drug-likeness (QED) is 0.863. The monoisotopic (exact) mass is 294 g/mol. The Bertz CT molecular complexity index is 576. The van der Waals surface area contributed by atoms with Gasteiger partial charge in [-0.3, -0.25) is 14.3 Å². The largest absolute Gasteiger partial charge is 0.294 e. The van der Waals surface area contributed by atoms with Gasteiger partial charge in [-0.2, -0.15) is 10.2 Å². The van der Waals surface area contributed by atoms with Crippen molar-refractivity contribution in [1.82, 2.24) is 29.4 Å². The Morgan fingerprint density at radius 2 is 2.25 bits per heavy atom. The topological polar surface area (TPSA) is 51.8 Å². The molecule has 3 rings (SSSR count). The molecule has 0 aromatic carbocycles. The first-order chi connectivity index (χ1) is 9.66. The van der Waals surface area contributed by atoms with Crippen LogP contribution in [-0.2, 0) is 13.6 Å². The molecule has 20 heavy (non-hydrogen) atoms. The minimum Gasteiger partial charge on any atom is -0.294 e. The third-order valence-corrected chi connectivity index (χ3v) is 4.42. The molecule has 3 heterocycles. The van der Waals surface area contributed by atoms with Crippen molar-refractivity contribution in [2.24, 2.45) is 7.05 Å². The van der Waals surface area contributed by atoms with Gasteiger partial charge in [0.1, 0.15) is 17.8 Å². The van der Waals surface area contributed by atoms with E-state index in [1.165, 1.54) is 12.0 Å². The number of hydrogen-bond donors (Lipinski definition) is 0. The van der Waals surface area contributed by atoms with E-state index in [0.717, 1.165) is 36.9 Å². The van der Waals surface area contributed by atoms with Gasteiger partial charge in [0.25, 0.3) is 0 Å². The Balaban J connectivity index is 1.75. The second kappa shape index (κ2) is 5.54. The molecule has 1 aliphatic heterocycles. The fraction of sp³-hybridized carbons (Fsp3) is 0.615. The smallest absolute Gasteiger partial charge is 0.137 e. The van der Waals surface area contributed by atoms with E-state index in [9.17, 15) is 0 Å². The lowest BCUT2D eigenvalue weighted by atomic mass is 10.1. The van der Waals surface area contributed by atoms with Crippen LogP contribution in [0.5, 0.6) is 0 Å². The normalized spacial score (nSPS) is 19.9. The van der Waals surface area contributed by atoms with Crippen LogP contribution in [0, 0.1) is 6.92 Å². The number of rotatable bonds is 4. The number of aromatic nitrogens is 5. The Morgan fingerprint density at radius 3 is 2.90 bits per heavy atom. The predicted octanol–water partition coefficient (Wildman–Crippen LogP) is 1.81. The first-order valence-electron chi connectivity index (χ1n) is 6.92. The third-order valence-electron chi connectivity index (χ3n) is 3.98. The average molecular weight is 295 g/mol. The first kappa shape index (κ1) is 13.6. The summed E-state index contributed by atoms with van der Waals surface area (Å²) < 4.78 is 3.63. The zero-order chi connectivity index (χ0) is 14.1. The number of likely N-dealkylation sites (tertiary alicyclic amines) is 1. The summed E-state index contributed by atoms with van der Waals surface area (Å²) in [4.78, 5) is 6.44. The van der Waals surface area contributed by atoms with Crippen molar-refractivity contribution >= 4 is 11.6 Å². The molecule has 0 bridgehead atoms. The van der Waals surface area contributed by atoms with Gasteiger partial charge in [0.2, 0.25) is 0 Å². The summed E-state index contributed by atoms with van der Waals surface area (Å²) in [6.45, 7) is 4.95. The van der Waals surface area contributed by atoms with Crippen molar-refractivity contribution in [3.8, 4) is 0 Å². The van der Waals surface area contributed by atoms with Crippen molar-refractivity contribution in [2.75, 3.05) is 13.1 Å². The maximum atomic E-state index is 6.41. The van der Waals surface area contributed by atoms with Crippen molar-refractivity contribution in [1.29, 1.82) is 0 Å². The fourth-order valence-electron chi connectivity index (χ4n) is 3.02. The van der Waals surface area contributed by atoms with Crippen LogP contribution in [-0.4, -0.2) is 42.5 Å². The van der Waals surface area contributed by atoms with Crippen molar-refractivity contribution in [2.45, 2.75) is 32.4 Å². The lowest BCUT2D eigenvalue weighted by Gasteiger charge is -2.24. The summed E-state index contributed by atoms with van der Waals surface area (Å²) >= 11 is 6.41. The van der Waals surface area contributed by atoms with Crippen molar-refractivity contribution in [3.05, 3.63) is 29.1 Å². The Labute approximate surface area is 123 Å². The van der Waals surface area contributed by atoms with Crippen LogP contribution in [0.25, 0.3) is 0 Å². The summed E-state index contributed by atoms with van der Waals surface area (Å²) in [7, 11) is 1.90. The molecule has 6 nitrogen and oxygen atoms in total. The van der Waals surface area contributed by atoms with E-state index in [1.54, 1.807) is 17.3 Å². The summed E-state index contributed by atoms with van der Waals surface area (Å²) in [5, 5.41) is 9.34. The highest BCUT2D eigenvalue weighted by Crippen LogP contribution is 2.37. The molecule has 0 amide bonds. The molecule has 1 fully saturated rings. The van der Waals surface area contributed by atoms with Gasteiger partial charge >= 0.3 is 0 Å². The number of hydrogen-bond acceptors (Lipinski definition) is 4. The van der Waals surface area contributed by atoms with Gasteiger partial charge in [-0.25, -0.2) is 4.98 Å². The van der Waals surface area contributed by atoms with E-state index in [1.807, 2.05) is 18.7 Å². The molecule has 0 saturated carbocycles. The summed E-state index contributed by atoms with van der Waals surface area (Å²) in [5.74, 6) is 0. The average Bonchev–Trinajstić information content (AvgIpc) is 3.10. The number of aryl methyl sites for hydroxylation is 2. The third kappa shape index (κ3) is 2.45. The summed E-state index contributed by atoms with van der Waals surface area (Å²) in [6, 6.07) is 0.375. The fourth-order valence-corrected chi connectivity index (χ4v) is 3.33. The van der Waals surface area contributed by atoms with Crippen molar-refractivity contribution < 1.29 is 0 Å². The SMILES string of the molecule is Cc1nn(C)c(Cl)c1[C@H]1CCCN1CCn1cncn1. The predicted molar refractivity (Wildman–Crippen MR) is 76.5 cm³/mol. The van der Waals surface area contributed by atoms with Gasteiger partial charge in [-0.15, -0.1) is 0 Å². The van der Waals surface area contributed by atoms with E-state index >= 15 is 0 Å². The van der Waals surface area contributed by atoms with E-state index in [0.29, 0.717) is 6.04 Å². The summed E-state index contributed by atoms with van der Waals surface area (Å²) in [5.41, 5.74) is 2.22. The van der Waals surface area contributed by atoms with E-state index in [4.69, 9.17) is 11.6 Å². The highest BCUT2D eigenvalue weighted by molar-refractivity contribution is 6.30. The lowest BCUT2D eigenvalue weighted by Crippen LogP contribution is -2.27. The van der Waals surface area contributed by atoms with Gasteiger partial charge in [0.05, 0.1) is 12.2 Å². The number of nitrogens with zero attached hydrogens (tertiary/aromatic N) is 6. The van der Waals surface area contributed by atoms with Crippen LogP contribution >= 0.6 is 11.6 Å². The van der Waals surface area contributed by atoms with Crippen LogP contribution in [0.2, 0.25) is 5.15 Å². The van der Waals surface area contributed by atoms with Crippen LogP contribution in [0.4, 0.5) is 0 Å². The number of halogens is 1. The standard InChI is InChI=1S/C13H19ClN6/c1-10-12(13(14)18(2)17-10)11-4-3-5-19(11)6-7-20-9-15-8-16-20/h8-9,11H,3-7H2,1-2H3/t11-/m1/s1. The van der Waals surface area contributed by atoms with Gasteiger partial charge in [0, 0.05) is 25.2 Å². The molecule has 2 aromatic heterocycles. The minimum absolute atomic E-state index is 0.375. The van der Waals surface area contributed by atoms with Crippen LogP contribution < -0.4 is 0 Å². The van der Waals surface area contributed by atoms with Gasteiger partial charge in [-0.05, 0) is 26.3 Å². The molecule has 2 aromatic rings. The lowest BCUT2D eigenvalue weighted by molar-refractivity contribution is 0.242. The molecule has 0 radical (unpaired) electrons. The molecule has 1 aliphatic rings. The minimum atomic E-state index is 0.375. The first-order valence-corrected chi connectivity index (χ1v) is 7.30. The second-order valence-electron chi connectivity index (χ2n) is 5.27. The maximum Gasteiger partial charge on any atom is 0.137 e. The van der Waals surface area contributed by atoms with E-state index < -0.39 is 0 Å². The molecule has 0 aliphatic carbocycles. The van der Waals surface area contributed by atoms with Crippen LogP contribution in [0.1, 0.15) is 30.1 Å². The molecule has 0 N–H and O–H groups in total. The molecule has 0 unspecified atom stereocenters. The molecule has 1 saturated heterocycles. The Morgan fingerprint density at radius 1 is 1.40 bits per heavy atom. The van der Waals surface area contributed by atoms with Crippen LogP contribution in [0.15, 0.2) is 12.7 Å². The Kier molecular flexibility index (Phi) is 3.76. The molecule has 1 atom stereocenters. The van der Waals surface area contributed by atoms with Gasteiger partial charge in [0.15, 0.2) is 0 Å². The van der Waals surface area contributed by atoms with E-state index in [-0.39, 0.29) is 0 Å². The van der Waals surface area contributed by atoms with Crippen LogP contribution in [0.3, 0.4) is 0 Å². The molecule has 108 valence electrons. The van der Waals surface area contributed by atoms with Gasteiger partial charge < -0.3 is 0 Å². The van der Waals surface area contributed by atoms with Gasteiger partial charge in [-0.1, -0.05) is 11.6 Å². The zero-order valence-electron chi connectivity index (χ0n) is 11.8. The summed E-state index contributed by atoms with van der Waals surface area (Å²) in [6.07, 6.45) is 5.67. The molecular weight excluding hydrogens is 276 g/mol. The zero-order valence-corrected chi connectivity index (χ0v) is 12.6. The molecular formula is C13H19ClN6.